The predicted octanol–water partition coefficient (Wildman–Crippen LogP) is 3.61. The lowest BCUT2D eigenvalue weighted by atomic mass is 9.98. The van der Waals surface area contributed by atoms with Crippen LogP contribution in [0.3, 0.4) is 0 Å². The van der Waals surface area contributed by atoms with E-state index in [9.17, 15) is 24.1 Å². The van der Waals surface area contributed by atoms with Gasteiger partial charge in [-0.2, -0.15) is 5.09 Å². The Morgan fingerprint density at radius 3 is 2.70 bits per heavy atom. The van der Waals surface area contributed by atoms with E-state index in [4.69, 9.17) is 18.5 Å². The molecule has 4 rings (SSSR count). The Labute approximate surface area is 239 Å². The second-order valence-corrected chi connectivity index (χ2v) is 11.9. The lowest BCUT2D eigenvalue weighted by Gasteiger charge is -2.27. The third kappa shape index (κ3) is 8.02. The molecule has 1 saturated heterocycles. The molecule has 4 unspecified atom stereocenters. The lowest BCUT2D eigenvalue weighted by molar-refractivity contribution is -0.152. The van der Waals surface area contributed by atoms with E-state index in [1.54, 1.807) is 30.3 Å². The molecule has 0 amide bonds. The van der Waals surface area contributed by atoms with Gasteiger partial charge in [-0.1, -0.05) is 40.5 Å². The molecule has 14 heteroatoms. The maximum atomic E-state index is 13.8. The zero-order valence-electron chi connectivity index (χ0n) is 21.9. The van der Waals surface area contributed by atoms with E-state index < -0.39 is 49.4 Å². The fourth-order valence-electron chi connectivity index (χ4n) is 4.56. The van der Waals surface area contributed by atoms with Gasteiger partial charge in [-0.3, -0.25) is 23.7 Å². The summed E-state index contributed by atoms with van der Waals surface area (Å²) in [5.74, 6) is -0.334. The van der Waals surface area contributed by atoms with E-state index in [-0.39, 0.29) is 30.4 Å². The first-order valence-corrected chi connectivity index (χ1v) is 15.6. The highest BCUT2D eigenvalue weighted by Gasteiger charge is 2.40. The number of hydrogen-bond acceptors (Lipinski definition) is 9. The number of rotatable bonds is 11. The third-order valence-corrected chi connectivity index (χ3v) is 8.58. The fraction of sp³-hybridized carbons (Fsp3) is 0.500. The highest BCUT2D eigenvalue weighted by atomic mass is 79.9. The zero-order valence-corrected chi connectivity index (χ0v) is 24.4. The van der Waals surface area contributed by atoms with Gasteiger partial charge in [0, 0.05) is 12.6 Å². The molecule has 3 N–H and O–H groups in total. The Hall–Kier alpha value is -2.54. The summed E-state index contributed by atoms with van der Waals surface area (Å²) in [5, 5.41) is 13.3. The molecule has 0 bridgehead atoms. The van der Waals surface area contributed by atoms with Gasteiger partial charge >= 0.3 is 19.4 Å². The molecule has 218 valence electrons. The summed E-state index contributed by atoms with van der Waals surface area (Å²) < 4.78 is 37.7. The Balaban J connectivity index is 1.45. The monoisotopic (exact) mass is 641 g/mol. The molecule has 2 aromatic rings. The molecule has 40 heavy (non-hydrogen) atoms. The maximum Gasteiger partial charge on any atom is 0.459 e. The number of carbonyl (C=O) groups is 1. The van der Waals surface area contributed by atoms with E-state index in [1.165, 1.54) is 24.2 Å². The highest BCUT2D eigenvalue weighted by Crippen LogP contribution is 2.46. The number of ether oxygens (including phenoxy) is 2. The van der Waals surface area contributed by atoms with Gasteiger partial charge < -0.3 is 19.1 Å². The molecule has 1 aromatic heterocycles. The van der Waals surface area contributed by atoms with Crippen LogP contribution in [0.15, 0.2) is 51.1 Å². The number of benzene rings is 1. The Kier molecular flexibility index (Phi) is 10.6. The van der Waals surface area contributed by atoms with Gasteiger partial charge in [-0.05, 0) is 55.8 Å². The summed E-state index contributed by atoms with van der Waals surface area (Å²) in [6.07, 6.45) is 4.30. The van der Waals surface area contributed by atoms with Crippen molar-refractivity contribution in [3.05, 3.63) is 67.9 Å². The summed E-state index contributed by atoms with van der Waals surface area (Å²) in [4.78, 5) is 40.8. The molecule has 1 aliphatic carbocycles. The van der Waals surface area contributed by atoms with Crippen molar-refractivity contribution in [2.45, 2.75) is 76.0 Å². The minimum Gasteiger partial charge on any atom is -0.461 e. The number of hydrogen-bond donors (Lipinski definition) is 3. The van der Waals surface area contributed by atoms with Crippen LogP contribution in [0.25, 0.3) is 6.08 Å². The SMILES string of the molecule is C[C@H](NP(=O)(OCC1OC(n2cc(/C=C/Br)c(=O)[nH]c2=O)CC1O)Oc1ccccc1)C(=O)OC1CCCCC1. The molecule has 1 saturated carbocycles. The van der Waals surface area contributed by atoms with Gasteiger partial charge in [0.25, 0.3) is 5.56 Å². The number of esters is 1. The molecule has 2 fully saturated rings. The summed E-state index contributed by atoms with van der Waals surface area (Å²) in [6.45, 7) is 1.12. The minimum atomic E-state index is -4.18. The number of halogens is 1. The quantitative estimate of drug-likeness (QED) is 0.244. The van der Waals surface area contributed by atoms with Crippen LogP contribution in [-0.2, 0) is 23.4 Å². The van der Waals surface area contributed by atoms with Crippen molar-refractivity contribution >= 4 is 35.7 Å². The number of aliphatic hydroxyl groups is 1. The topological polar surface area (TPSA) is 158 Å². The molecule has 2 aliphatic rings. The second kappa shape index (κ2) is 13.9. The highest BCUT2D eigenvalue weighted by molar-refractivity contribution is 9.11. The van der Waals surface area contributed by atoms with Crippen LogP contribution in [-0.4, -0.2) is 51.6 Å². The number of nitrogens with zero attached hydrogens (tertiary/aromatic N) is 1. The van der Waals surface area contributed by atoms with Crippen molar-refractivity contribution in [1.29, 1.82) is 0 Å². The van der Waals surface area contributed by atoms with Crippen molar-refractivity contribution in [3.8, 4) is 5.75 Å². The zero-order chi connectivity index (χ0) is 28.7. The van der Waals surface area contributed by atoms with E-state index in [0.717, 1.165) is 36.7 Å². The average Bonchev–Trinajstić information content (AvgIpc) is 3.30. The van der Waals surface area contributed by atoms with E-state index >= 15 is 0 Å². The molecule has 0 spiro atoms. The fourth-order valence-corrected chi connectivity index (χ4v) is 6.35. The Morgan fingerprint density at radius 2 is 2.00 bits per heavy atom. The van der Waals surface area contributed by atoms with Gasteiger partial charge in [-0.25, -0.2) is 9.36 Å². The summed E-state index contributed by atoms with van der Waals surface area (Å²) in [5.41, 5.74) is -1.08. The van der Waals surface area contributed by atoms with Crippen molar-refractivity contribution in [1.82, 2.24) is 14.6 Å². The molecular formula is C26H33BrN3O9P. The van der Waals surface area contributed by atoms with Crippen molar-refractivity contribution in [2.24, 2.45) is 0 Å². The van der Waals surface area contributed by atoms with Gasteiger partial charge in [-0.15, -0.1) is 0 Å². The van der Waals surface area contributed by atoms with Crippen LogP contribution < -0.4 is 20.9 Å². The summed E-state index contributed by atoms with van der Waals surface area (Å²) in [7, 11) is -4.18. The number of aliphatic hydroxyl groups excluding tert-OH is 1. The number of carbonyl (C=O) groups excluding carboxylic acids is 1. The molecule has 12 nitrogen and oxygen atoms in total. The Morgan fingerprint density at radius 1 is 1.27 bits per heavy atom. The van der Waals surface area contributed by atoms with E-state index in [1.807, 2.05) is 0 Å². The largest absolute Gasteiger partial charge is 0.461 e. The molecule has 1 aliphatic heterocycles. The predicted molar refractivity (Wildman–Crippen MR) is 150 cm³/mol. The number of para-hydroxylation sites is 1. The minimum absolute atomic E-state index is 0.0127. The van der Waals surface area contributed by atoms with Crippen LogP contribution in [0.1, 0.15) is 57.2 Å². The summed E-state index contributed by atoms with van der Waals surface area (Å²) >= 11 is 3.10. The maximum absolute atomic E-state index is 13.8. The smallest absolute Gasteiger partial charge is 0.459 e. The second-order valence-electron chi connectivity index (χ2n) is 9.72. The lowest BCUT2D eigenvalue weighted by Crippen LogP contribution is -2.38. The van der Waals surface area contributed by atoms with Gasteiger partial charge in [0.15, 0.2) is 0 Å². The summed E-state index contributed by atoms with van der Waals surface area (Å²) in [6, 6.07) is 7.30. The van der Waals surface area contributed by atoms with Crippen molar-refractivity contribution < 1.29 is 33.0 Å². The van der Waals surface area contributed by atoms with Crippen molar-refractivity contribution in [2.75, 3.05) is 6.61 Å². The molecule has 1 aromatic carbocycles. The first-order valence-electron chi connectivity index (χ1n) is 13.1. The van der Waals surface area contributed by atoms with Gasteiger partial charge in [0.2, 0.25) is 0 Å². The normalized spacial score (nSPS) is 24.0. The first-order chi connectivity index (χ1) is 19.2. The first kappa shape index (κ1) is 30.4. The van der Waals surface area contributed by atoms with E-state index in [0.29, 0.717) is 0 Å². The molecular weight excluding hydrogens is 609 g/mol. The Bertz CT molecular complexity index is 1340. The van der Waals surface area contributed by atoms with Crippen molar-refractivity contribution in [3.63, 3.8) is 0 Å². The standard InChI is InChI=1S/C26H33BrN3O9P/c1-17(25(33)37-19-8-4-2-5-9-19)29-40(35,39-20-10-6-3-7-11-20)36-16-22-21(31)14-23(38-22)30-15-18(12-13-27)24(32)28-26(30)34/h3,6-7,10-13,15,17,19,21-23,31H,2,4-5,8-9,14,16H2,1H3,(H,29,35)(H,28,32,34)/b13-12+/t17-,21?,22?,23?,40?/m0/s1. The molecule has 2 heterocycles. The number of aromatic amines is 1. The van der Waals surface area contributed by atoms with Gasteiger partial charge in [0.05, 0.1) is 18.3 Å². The van der Waals surface area contributed by atoms with Crippen LogP contribution in [0.4, 0.5) is 0 Å². The van der Waals surface area contributed by atoms with Crippen LogP contribution in [0, 0.1) is 0 Å². The van der Waals surface area contributed by atoms with E-state index in [2.05, 4.69) is 26.0 Å². The number of nitrogens with one attached hydrogen (secondary N) is 2. The van der Waals surface area contributed by atoms with Gasteiger partial charge in [0.1, 0.15) is 30.2 Å². The average molecular weight is 642 g/mol. The van der Waals surface area contributed by atoms with Crippen LogP contribution in [0.2, 0.25) is 0 Å². The molecule has 0 radical (unpaired) electrons. The number of H-pyrrole nitrogens is 1. The molecule has 5 atom stereocenters. The third-order valence-electron chi connectivity index (χ3n) is 6.67. The van der Waals surface area contributed by atoms with Crippen LogP contribution >= 0.6 is 23.7 Å². The number of aromatic nitrogens is 2. The van der Waals surface area contributed by atoms with Crippen LogP contribution in [0.5, 0.6) is 5.75 Å².